The Morgan fingerprint density at radius 2 is 0.654 bits per heavy atom. The maximum atomic E-state index is 12.0. The molecule has 0 aliphatic carbocycles. The van der Waals surface area contributed by atoms with Crippen LogP contribution < -0.4 is 0 Å². The van der Waals surface area contributed by atoms with Crippen molar-refractivity contribution in [3.8, 4) is 0 Å². The first-order valence-corrected chi connectivity index (χ1v) is 23.3. The smallest absolute Gasteiger partial charge is 0.305 e. The van der Waals surface area contributed by atoms with Gasteiger partial charge in [-0.25, -0.2) is 0 Å². The molecule has 0 aromatic rings. The summed E-state index contributed by atoms with van der Waals surface area (Å²) in [5.74, 6) is 1.22. The van der Waals surface area contributed by atoms with Gasteiger partial charge >= 0.3 is 11.9 Å². The molecule has 1 unspecified atom stereocenters. The van der Waals surface area contributed by atoms with E-state index in [9.17, 15) is 14.7 Å². The molecule has 0 fully saturated rings. The van der Waals surface area contributed by atoms with E-state index in [1.165, 1.54) is 193 Å². The van der Waals surface area contributed by atoms with Crippen molar-refractivity contribution in [3.05, 3.63) is 0 Å². The van der Waals surface area contributed by atoms with E-state index < -0.39 is 6.10 Å². The molecule has 0 radical (unpaired) electrons. The van der Waals surface area contributed by atoms with Crippen LogP contribution in [0.5, 0.6) is 0 Å². The third-order valence-corrected chi connectivity index (χ3v) is 11.1. The zero-order valence-corrected chi connectivity index (χ0v) is 35.7. The zero-order valence-electron chi connectivity index (χ0n) is 35.7. The van der Waals surface area contributed by atoms with Gasteiger partial charge in [-0.2, -0.15) is 0 Å². The van der Waals surface area contributed by atoms with Crippen LogP contribution in [0.4, 0.5) is 0 Å². The van der Waals surface area contributed by atoms with Crippen molar-refractivity contribution < 1.29 is 24.2 Å². The van der Waals surface area contributed by atoms with Crippen molar-refractivity contribution in [3.63, 3.8) is 0 Å². The predicted molar refractivity (Wildman–Crippen MR) is 224 cm³/mol. The number of rotatable bonds is 42. The highest BCUT2D eigenvalue weighted by atomic mass is 16.6. The Morgan fingerprint density at radius 1 is 0.404 bits per heavy atom. The Morgan fingerprint density at radius 3 is 0.923 bits per heavy atom. The Balaban J connectivity index is 3.35. The minimum absolute atomic E-state index is 0.108. The van der Waals surface area contributed by atoms with Gasteiger partial charge in [-0.1, -0.05) is 233 Å². The van der Waals surface area contributed by atoms with E-state index in [1.54, 1.807) is 0 Å². The lowest BCUT2D eigenvalue weighted by molar-refractivity contribution is -0.152. The molecule has 2 atom stereocenters. The molecule has 0 heterocycles. The second-order valence-electron chi connectivity index (χ2n) is 17.0. The lowest BCUT2D eigenvalue weighted by Gasteiger charge is -2.12. The van der Waals surface area contributed by atoms with Gasteiger partial charge in [-0.3, -0.25) is 9.59 Å². The fourth-order valence-corrected chi connectivity index (χ4v) is 7.13. The summed E-state index contributed by atoms with van der Waals surface area (Å²) in [4.78, 5) is 24.0. The molecule has 0 saturated carbocycles. The molecule has 0 saturated heterocycles. The molecule has 52 heavy (non-hydrogen) atoms. The SMILES string of the molecule is CCC(C)CCCCCCCCCCCCCCCCCCCCC(=O)OC[C@H](O)COC(=O)CCCCCCCCCCCCCCCC(C)C. The number of carbonyl (C=O) groups excluding carboxylic acids is 2. The van der Waals surface area contributed by atoms with Crippen LogP contribution in [-0.2, 0) is 19.1 Å². The lowest BCUT2D eigenvalue weighted by atomic mass is 9.99. The van der Waals surface area contributed by atoms with E-state index >= 15 is 0 Å². The summed E-state index contributed by atoms with van der Waals surface area (Å²) in [5.41, 5.74) is 0. The van der Waals surface area contributed by atoms with Crippen LogP contribution in [0, 0.1) is 11.8 Å². The molecule has 310 valence electrons. The van der Waals surface area contributed by atoms with Crippen molar-refractivity contribution in [2.24, 2.45) is 11.8 Å². The first-order chi connectivity index (χ1) is 25.3. The van der Waals surface area contributed by atoms with Crippen molar-refractivity contribution in [1.82, 2.24) is 0 Å². The van der Waals surface area contributed by atoms with Crippen LogP contribution in [0.1, 0.15) is 259 Å². The lowest BCUT2D eigenvalue weighted by Crippen LogP contribution is -2.25. The standard InChI is InChI=1S/C47H92O5/c1-5-44(4)38-34-30-26-22-18-14-10-8-6-7-9-11-15-19-23-27-31-35-39-46(49)51-41-45(48)42-52-47(50)40-36-32-28-24-20-16-12-13-17-21-25-29-33-37-43(2)3/h43-45,48H,5-42H2,1-4H3/t44?,45-/m0/s1. The van der Waals surface area contributed by atoms with Gasteiger partial charge in [0.15, 0.2) is 0 Å². The first kappa shape index (κ1) is 50.9. The summed E-state index contributed by atoms with van der Waals surface area (Å²) in [6.07, 6.45) is 44.5. The monoisotopic (exact) mass is 737 g/mol. The molecule has 0 aromatic carbocycles. The number of aliphatic hydroxyl groups excluding tert-OH is 1. The van der Waals surface area contributed by atoms with Gasteiger partial charge in [-0.05, 0) is 24.7 Å². The second-order valence-corrected chi connectivity index (χ2v) is 17.0. The van der Waals surface area contributed by atoms with Crippen LogP contribution in [0.15, 0.2) is 0 Å². The number of esters is 2. The summed E-state index contributed by atoms with van der Waals surface area (Å²) in [6.45, 7) is 9.10. The summed E-state index contributed by atoms with van der Waals surface area (Å²) in [7, 11) is 0. The van der Waals surface area contributed by atoms with Gasteiger partial charge in [-0.15, -0.1) is 0 Å². The largest absolute Gasteiger partial charge is 0.463 e. The van der Waals surface area contributed by atoms with Crippen molar-refractivity contribution in [2.45, 2.75) is 265 Å². The Labute approximate surface area is 325 Å². The number of carbonyl (C=O) groups is 2. The third kappa shape index (κ3) is 41.7. The summed E-state index contributed by atoms with van der Waals surface area (Å²) in [6, 6.07) is 0. The van der Waals surface area contributed by atoms with Crippen molar-refractivity contribution >= 4 is 11.9 Å². The highest BCUT2D eigenvalue weighted by molar-refractivity contribution is 5.69. The molecule has 0 bridgehead atoms. The highest BCUT2D eigenvalue weighted by Gasteiger charge is 2.12. The molecule has 0 aliphatic rings. The number of ether oxygens (including phenoxy) is 2. The molecular weight excluding hydrogens is 645 g/mol. The van der Waals surface area contributed by atoms with E-state index in [2.05, 4.69) is 27.7 Å². The van der Waals surface area contributed by atoms with Crippen molar-refractivity contribution in [2.75, 3.05) is 13.2 Å². The number of unbranched alkanes of at least 4 members (excludes halogenated alkanes) is 29. The molecule has 0 amide bonds. The molecule has 1 N–H and O–H groups in total. The van der Waals surface area contributed by atoms with E-state index in [0.29, 0.717) is 12.8 Å². The summed E-state index contributed by atoms with van der Waals surface area (Å²) < 4.78 is 10.4. The average Bonchev–Trinajstić information content (AvgIpc) is 3.13. The Bertz CT molecular complexity index is 737. The van der Waals surface area contributed by atoms with Gasteiger partial charge in [0.25, 0.3) is 0 Å². The van der Waals surface area contributed by atoms with Gasteiger partial charge in [0.05, 0.1) is 0 Å². The summed E-state index contributed by atoms with van der Waals surface area (Å²) in [5, 5.41) is 10.1. The number of aliphatic hydroxyl groups is 1. The number of hydrogen-bond donors (Lipinski definition) is 1. The quantitative estimate of drug-likeness (QED) is 0.0499. The fraction of sp³-hybridized carbons (Fsp3) is 0.957. The van der Waals surface area contributed by atoms with Crippen LogP contribution in [0.3, 0.4) is 0 Å². The van der Waals surface area contributed by atoms with Gasteiger partial charge in [0, 0.05) is 12.8 Å². The van der Waals surface area contributed by atoms with E-state index in [-0.39, 0.29) is 25.2 Å². The molecule has 0 spiro atoms. The van der Waals surface area contributed by atoms with Crippen LogP contribution in [-0.4, -0.2) is 36.4 Å². The third-order valence-electron chi connectivity index (χ3n) is 11.1. The molecule has 0 aliphatic heterocycles. The molecule has 0 rings (SSSR count). The zero-order chi connectivity index (χ0) is 38.2. The first-order valence-electron chi connectivity index (χ1n) is 23.3. The summed E-state index contributed by atoms with van der Waals surface area (Å²) >= 11 is 0. The predicted octanol–water partition coefficient (Wildman–Crippen LogP) is 14.8. The Hall–Kier alpha value is -1.10. The van der Waals surface area contributed by atoms with Gasteiger partial charge in [0.1, 0.15) is 19.3 Å². The minimum Gasteiger partial charge on any atom is -0.463 e. The maximum Gasteiger partial charge on any atom is 0.305 e. The van der Waals surface area contributed by atoms with Gasteiger partial charge in [0.2, 0.25) is 0 Å². The fourth-order valence-electron chi connectivity index (χ4n) is 7.13. The number of hydrogen-bond acceptors (Lipinski definition) is 5. The van der Waals surface area contributed by atoms with Crippen LogP contribution in [0.25, 0.3) is 0 Å². The molecular formula is C47H92O5. The van der Waals surface area contributed by atoms with Gasteiger partial charge < -0.3 is 14.6 Å². The Kier molecular flexibility index (Phi) is 40.2. The van der Waals surface area contributed by atoms with Crippen LogP contribution in [0.2, 0.25) is 0 Å². The van der Waals surface area contributed by atoms with Crippen LogP contribution >= 0.6 is 0 Å². The van der Waals surface area contributed by atoms with E-state index in [0.717, 1.165) is 37.5 Å². The molecule has 0 aromatic heterocycles. The maximum absolute atomic E-state index is 12.0. The topological polar surface area (TPSA) is 72.8 Å². The second kappa shape index (κ2) is 41.1. The van der Waals surface area contributed by atoms with E-state index in [1.807, 2.05) is 0 Å². The minimum atomic E-state index is -0.957. The van der Waals surface area contributed by atoms with E-state index in [4.69, 9.17) is 9.47 Å². The highest BCUT2D eigenvalue weighted by Crippen LogP contribution is 2.18. The average molecular weight is 737 g/mol. The molecule has 5 heteroatoms. The normalized spacial score (nSPS) is 12.7. The van der Waals surface area contributed by atoms with Crippen molar-refractivity contribution in [1.29, 1.82) is 0 Å². The molecule has 5 nitrogen and oxygen atoms in total.